The highest BCUT2D eigenvalue weighted by atomic mass is 19.3. The van der Waals surface area contributed by atoms with Gasteiger partial charge in [-0.05, 0) is 56.4 Å². The van der Waals surface area contributed by atoms with Gasteiger partial charge in [-0.15, -0.1) is 0 Å². The number of alkyl halides is 2. The van der Waals surface area contributed by atoms with E-state index in [1.165, 1.54) is 11.0 Å². The number of aryl methyl sites for hydroxylation is 1. The molecule has 10 heteroatoms. The average Bonchev–Trinajstić information content (AvgIpc) is 2.78. The molecule has 0 atom stereocenters. The van der Waals surface area contributed by atoms with Crippen LogP contribution in [0.5, 0.6) is 5.88 Å². The number of hydrogen-bond donors (Lipinski definition) is 2. The molecule has 37 heavy (non-hydrogen) atoms. The Kier molecular flexibility index (Phi) is 8.19. The molecule has 2 amide bonds. The van der Waals surface area contributed by atoms with Crippen LogP contribution < -0.4 is 10.1 Å². The second-order valence-corrected chi connectivity index (χ2v) is 10.4. The molecular formula is C27H33F2N3O5. The average molecular weight is 518 g/mol. The van der Waals surface area contributed by atoms with Crippen LogP contribution in [0.3, 0.4) is 0 Å². The Hall–Kier alpha value is -3.56. The standard InChI is InChI=1S/C27H33F2N3O5/c1-16(2)18-8-6-7-9-19(18)27(14-32(15-27)21(33)12-13-26(4,5)24(35)36)23(34)31-20-11-10-17(3)30-22(20)37-25(28)29/h6-11,16,25H,12-15H2,1-5H3,(H,31,34)(H,35,36). The Labute approximate surface area is 215 Å². The van der Waals surface area contributed by atoms with Gasteiger partial charge in [0, 0.05) is 25.2 Å². The van der Waals surface area contributed by atoms with Gasteiger partial charge in [0.2, 0.25) is 17.7 Å². The van der Waals surface area contributed by atoms with Crippen molar-refractivity contribution in [2.24, 2.45) is 5.41 Å². The van der Waals surface area contributed by atoms with Gasteiger partial charge < -0.3 is 20.1 Å². The molecule has 1 aromatic heterocycles. The molecule has 8 nitrogen and oxygen atoms in total. The molecule has 1 aromatic carbocycles. The van der Waals surface area contributed by atoms with E-state index in [0.29, 0.717) is 5.69 Å². The van der Waals surface area contributed by atoms with Crippen LogP contribution in [0.4, 0.5) is 14.5 Å². The summed E-state index contributed by atoms with van der Waals surface area (Å²) < 4.78 is 30.5. The van der Waals surface area contributed by atoms with Crippen molar-refractivity contribution in [1.29, 1.82) is 0 Å². The van der Waals surface area contributed by atoms with Gasteiger partial charge in [-0.25, -0.2) is 4.98 Å². The number of carboxylic acids is 1. The van der Waals surface area contributed by atoms with Crippen molar-refractivity contribution >= 4 is 23.5 Å². The lowest BCUT2D eigenvalue weighted by Gasteiger charge is -2.50. The second kappa shape index (κ2) is 10.8. The number of hydrogen-bond acceptors (Lipinski definition) is 5. The minimum absolute atomic E-state index is 0.00490. The fourth-order valence-electron chi connectivity index (χ4n) is 4.38. The maximum atomic E-state index is 13.8. The third kappa shape index (κ3) is 6.06. The van der Waals surface area contributed by atoms with Gasteiger partial charge >= 0.3 is 12.6 Å². The number of rotatable bonds is 10. The monoisotopic (exact) mass is 517 g/mol. The highest BCUT2D eigenvalue weighted by Gasteiger charge is 2.53. The van der Waals surface area contributed by atoms with Gasteiger partial charge in [-0.2, -0.15) is 8.78 Å². The summed E-state index contributed by atoms with van der Waals surface area (Å²) in [5.41, 5.74) is -0.0647. The molecule has 2 N–H and O–H groups in total. The van der Waals surface area contributed by atoms with Gasteiger partial charge in [0.15, 0.2) is 0 Å². The van der Waals surface area contributed by atoms with E-state index in [9.17, 15) is 28.3 Å². The number of carboxylic acid groups (broad SMARTS) is 1. The number of anilines is 1. The Bertz CT molecular complexity index is 1180. The summed E-state index contributed by atoms with van der Waals surface area (Å²) in [5.74, 6) is -2.02. The summed E-state index contributed by atoms with van der Waals surface area (Å²) >= 11 is 0. The molecule has 1 saturated heterocycles. The van der Waals surface area contributed by atoms with Crippen molar-refractivity contribution < 1.29 is 33.0 Å². The van der Waals surface area contributed by atoms with E-state index in [4.69, 9.17) is 0 Å². The van der Waals surface area contributed by atoms with E-state index < -0.39 is 29.3 Å². The number of amides is 2. The van der Waals surface area contributed by atoms with Gasteiger partial charge in [0.25, 0.3) is 0 Å². The van der Waals surface area contributed by atoms with Crippen molar-refractivity contribution in [2.75, 3.05) is 18.4 Å². The van der Waals surface area contributed by atoms with E-state index in [2.05, 4.69) is 15.0 Å². The zero-order valence-electron chi connectivity index (χ0n) is 21.7. The maximum absolute atomic E-state index is 13.8. The first-order chi connectivity index (χ1) is 17.3. The number of nitrogens with one attached hydrogen (secondary N) is 1. The van der Waals surface area contributed by atoms with E-state index in [1.54, 1.807) is 26.8 Å². The largest absolute Gasteiger partial charge is 0.481 e. The summed E-state index contributed by atoms with van der Waals surface area (Å²) in [7, 11) is 0. The molecule has 0 spiro atoms. The quantitative estimate of drug-likeness (QED) is 0.472. The third-order valence-corrected chi connectivity index (χ3v) is 6.80. The zero-order chi connectivity index (χ0) is 27.5. The molecule has 0 unspecified atom stereocenters. The highest BCUT2D eigenvalue weighted by Crippen LogP contribution is 2.41. The van der Waals surface area contributed by atoms with Crippen molar-refractivity contribution in [3.05, 3.63) is 53.2 Å². The lowest BCUT2D eigenvalue weighted by Crippen LogP contribution is -2.66. The number of pyridine rings is 1. The number of aliphatic carboxylic acids is 1. The maximum Gasteiger partial charge on any atom is 0.388 e. The normalized spacial score (nSPS) is 14.9. The molecule has 1 aliphatic rings. The van der Waals surface area contributed by atoms with Crippen LogP contribution in [-0.4, -0.2) is 52.5 Å². The minimum atomic E-state index is -3.12. The fourth-order valence-corrected chi connectivity index (χ4v) is 4.38. The van der Waals surface area contributed by atoms with Crippen LogP contribution >= 0.6 is 0 Å². The zero-order valence-corrected chi connectivity index (χ0v) is 21.7. The summed E-state index contributed by atoms with van der Waals surface area (Å²) in [5, 5.41) is 12.1. The first-order valence-corrected chi connectivity index (χ1v) is 12.1. The van der Waals surface area contributed by atoms with Gasteiger partial charge in [0.05, 0.1) is 5.41 Å². The number of halogens is 2. The SMILES string of the molecule is Cc1ccc(NC(=O)C2(c3ccccc3C(C)C)CN(C(=O)CCC(C)(C)C(=O)O)C2)c(OC(F)F)n1. The van der Waals surface area contributed by atoms with E-state index >= 15 is 0 Å². The third-order valence-electron chi connectivity index (χ3n) is 6.80. The molecule has 1 aliphatic heterocycles. The van der Waals surface area contributed by atoms with E-state index in [0.717, 1.165) is 11.1 Å². The van der Waals surface area contributed by atoms with E-state index in [-0.39, 0.29) is 49.3 Å². The first kappa shape index (κ1) is 28.0. The van der Waals surface area contributed by atoms with Crippen LogP contribution in [0, 0.1) is 12.3 Å². The minimum Gasteiger partial charge on any atom is -0.481 e. The van der Waals surface area contributed by atoms with Gasteiger partial charge in [-0.1, -0.05) is 38.1 Å². The summed E-state index contributed by atoms with van der Waals surface area (Å²) in [6, 6.07) is 10.5. The lowest BCUT2D eigenvalue weighted by molar-refractivity contribution is -0.148. The molecule has 0 aliphatic carbocycles. The van der Waals surface area contributed by atoms with Crippen molar-refractivity contribution in [3.8, 4) is 5.88 Å². The Balaban J connectivity index is 1.91. The summed E-state index contributed by atoms with van der Waals surface area (Å²) in [6.07, 6.45) is 0.180. The number of carbonyl (C=O) groups excluding carboxylic acids is 2. The number of likely N-dealkylation sites (tertiary alicyclic amines) is 1. The second-order valence-electron chi connectivity index (χ2n) is 10.4. The molecular weight excluding hydrogens is 484 g/mol. The number of ether oxygens (including phenoxy) is 1. The van der Waals surface area contributed by atoms with Crippen LogP contribution in [0.15, 0.2) is 36.4 Å². The van der Waals surface area contributed by atoms with Gasteiger partial charge in [0.1, 0.15) is 11.1 Å². The highest BCUT2D eigenvalue weighted by molar-refractivity contribution is 6.02. The van der Waals surface area contributed by atoms with Crippen molar-refractivity contribution in [1.82, 2.24) is 9.88 Å². The molecule has 0 saturated carbocycles. The molecule has 0 bridgehead atoms. The summed E-state index contributed by atoms with van der Waals surface area (Å²) in [6.45, 7) is 5.75. The Morgan fingerprint density at radius 2 is 1.81 bits per heavy atom. The number of carbonyl (C=O) groups is 3. The molecule has 2 heterocycles. The van der Waals surface area contributed by atoms with Crippen molar-refractivity contribution in [3.63, 3.8) is 0 Å². The molecule has 2 aromatic rings. The topological polar surface area (TPSA) is 109 Å². The smallest absolute Gasteiger partial charge is 0.388 e. The van der Waals surface area contributed by atoms with E-state index in [1.807, 2.05) is 38.1 Å². The van der Waals surface area contributed by atoms with Crippen LogP contribution in [0.2, 0.25) is 0 Å². The lowest BCUT2D eigenvalue weighted by atomic mass is 9.69. The first-order valence-electron chi connectivity index (χ1n) is 12.1. The molecule has 1 fully saturated rings. The number of aromatic nitrogens is 1. The Morgan fingerprint density at radius 1 is 1.16 bits per heavy atom. The molecule has 200 valence electrons. The predicted octanol–water partition coefficient (Wildman–Crippen LogP) is 4.72. The Morgan fingerprint density at radius 3 is 2.41 bits per heavy atom. The number of nitrogens with zero attached hydrogens (tertiary/aromatic N) is 2. The molecule has 3 rings (SSSR count). The van der Waals surface area contributed by atoms with Crippen LogP contribution in [0.1, 0.15) is 63.3 Å². The van der Waals surface area contributed by atoms with Crippen LogP contribution in [-0.2, 0) is 19.8 Å². The molecule has 0 radical (unpaired) electrons. The summed E-state index contributed by atoms with van der Waals surface area (Å²) in [4.78, 5) is 43.6. The number of benzene rings is 1. The fraction of sp³-hybridized carbons (Fsp3) is 0.481. The van der Waals surface area contributed by atoms with Crippen LogP contribution in [0.25, 0.3) is 0 Å². The van der Waals surface area contributed by atoms with Crippen molar-refractivity contribution in [2.45, 2.75) is 65.4 Å². The predicted molar refractivity (Wildman–Crippen MR) is 134 cm³/mol. The van der Waals surface area contributed by atoms with Gasteiger partial charge in [-0.3, -0.25) is 14.4 Å².